The predicted molar refractivity (Wildman–Crippen MR) is 103 cm³/mol. The van der Waals surface area contributed by atoms with E-state index in [9.17, 15) is 0 Å². The zero-order valence-corrected chi connectivity index (χ0v) is 15.4. The van der Waals surface area contributed by atoms with Crippen LogP contribution in [0.5, 0.6) is 0 Å². The first-order valence-corrected chi connectivity index (χ1v) is 8.86. The van der Waals surface area contributed by atoms with Crippen LogP contribution in [0.4, 0.5) is 0 Å². The van der Waals surface area contributed by atoms with Gasteiger partial charge in [-0.2, -0.15) is 0 Å². The highest BCUT2D eigenvalue weighted by Crippen LogP contribution is 2.37. The lowest BCUT2D eigenvalue weighted by Gasteiger charge is -2.14. The largest absolute Gasteiger partial charge is 0.100 e. The smallest absolute Gasteiger partial charge is 0.0111 e. The molecule has 0 aromatic rings. The van der Waals surface area contributed by atoms with Gasteiger partial charge in [0.2, 0.25) is 0 Å². The van der Waals surface area contributed by atoms with E-state index in [2.05, 4.69) is 51.8 Å². The normalized spacial score (nSPS) is 19.1. The topological polar surface area (TPSA) is 0 Å². The Morgan fingerprint density at radius 2 is 1.86 bits per heavy atom. The highest BCUT2D eigenvalue weighted by molar-refractivity contribution is 5.23. The summed E-state index contributed by atoms with van der Waals surface area (Å²) in [5.41, 5.74) is 5.50. The molecule has 0 nitrogen and oxygen atoms in total. The van der Waals surface area contributed by atoms with Crippen molar-refractivity contribution < 1.29 is 0 Å². The monoisotopic (exact) mass is 300 g/mol. The van der Waals surface area contributed by atoms with Gasteiger partial charge in [-0.15, -0.1) is 6.58 Å². The van der Waals surface area contributed by atoms with Crippen LogP contribution in [0.25, 0.3) is 0 Å². The van der Waals surface area contributed by atoms with E-state index in [1.54, 1.807) is 5.57 Å². The molecule has 1 atom stereocenters. The van der Waals surface area contributed by atoms with Crippen LogP contribution in [-0.2, 0) is 0 Å². The molecule has 0 saturated heterocycles. The Kier molecular flexibility index (Phi) is 11.5. The van der Waals surface area contributed by atoms with Gasteiger partial charge >= 0.3 is 0 Å². The van der Waals surface area contributed by atoms with E-state index < -0.39 is 0 Å². The fourth-order valence-electron chi connectivity index (χ4n) is 2.66. The van der Waals surface area contributed by atoms with Gasteiger partial charge in [0.05, 0.1) is 0 Å². The number of hydrogen-bond acceptors (Lipinski definition) is 0. The van der Waals surface area contributed by atoms with E-state index in [0.29, 0.717) is 5.92 Å². The van der Waals surface area contributed by atoms with Crippen molar-refractivity contribution >= 4 is 0 Å². The maximum atomic E-state index is 4.31. The molecule has 1 aliphatic rings. The molecule has 22 heavy (non-hydrogen) atoms. The summed E-state index contributed by atoms with van der Waals surface area (Å²) in [7, 11) is 0. The SMILES string of the molecule is C=C(C)CCC(=C)CC(=C)C1CC/C(=C\C=C/CC)C1.CC. The molecule has 0 spiro atoms. The van der Waals surface area contributed by atoms with Crippen molar-refractivity contribution in [3.63, 3.8) is 0 Å². The molecular formula is C22H36. The summed E-state index contributed by atoms with van der Waals surface area (Å²) < 4.78 is 0. The maximum Gasteiger partial charge on any atom is -0.0111 e. The molecule has 0 amide bonds. The van der Waals surface area contributed by atoms with Crippen molar-refractivity contribution in [1.29, 1.82) is 0 Å². The van der Waals surface area contributed by atoms with E-state index >= 15 is 0 Å². The molecule has 0 aromatic carbocycles. The molecule has 1 unspecified atom stereocenters. The molecule has 0 heteroatoms. The summed E-state index contributed by atoms with van der Waals surface area (Å²) in [6.07, 6.45) is 14.6. The first kappa shape index (κ1) is 20.7. The Morgan fingerprint density at radius 1 is 1.18 bits per heavy atom. The van der Waals surface area contributed by atoms with Gasteiger partial charge in [-0.05, 0) is 57.8 Å². The molecule has 0 heterocycles. The van der Waals surface area contributed by atoms with Crippen LogP contribution in [0.2, 0.25) is 0 Å². The van der Waals surface area contributed by atoms with Crippen LogP contribution in [0.1, 0.15) is 72.6 Å². The van der Waals surface area contributed by atoms with Crippen LogP contribution < -0.4 is 0 Å². The van der Waals surface area contributed by atoms with E-state index in [1.807, 2.05) is 13.8 Å². The fourth-order valence-corrected chi connectivity index (χ4v) is 2.66. The third-order valence-corrected chi connectivity index (χ3v) is 3.99. The Hall–Kier alpha value is -1.30. The predicted octanol–water partition coefficient (Wildman–Crippen LogP) is 7.56. The van der Waals surface area contributed by atoms with Crippen LogP contribution in [0, 0.1) is 5.92 Å². The van der Waals surface area contributed by atoms with Crippen LogP contribution in [0.15, 0.2) is 60.3 Å². The summed E-state index contributed by atoms with van der Waals surface area (Å²) >= 11 is 0. The van der Waals surface area contributed by atoms with Crippen molar-refractivity contribution in [2.75, 3.05) is 0 Å². The first-order chi connectivity index (χ1) is 10.5. The van der Waals surface area contributed by atoms with Crippen LogP contribution in [0.3, 0.4) is 0 Å². The first-order valence-electron chi connectivity index (χ1n) is 8.86. The Balaban J connectivity index is 0.00000211. The lowest BCUT2D eigenvalue weighted by Crippen LogP contribution is -1.99. The summed E-state index contributed by atoms with van der Waals surface area (Å²) in [4.78, 5) is 0. The minimum absolute atomic E-state index is 0.665. The molecule has 124 valence electrons. The third-order valence-electron chi connectivity index (χ3n) is 3.99. The summed E-state index contributed by atoms with van der Waals surface area (Å²) in [6.45, 7) is 20.7. The molecule has 1 rings (SSSR count). The zero-order valence-electron chi connectivity index (χ0n) is 15.4. The highest BCUT2D eigenvalue weighted by atomic mass is 14.3. The molecule has 0 N–H and O–H groups in total. The van der Waals surface area contributed by atoms with Gasteiger partial charge in [-0.3, -0.25) is 0 Å². The van der Waals surface area contributed by atoms with E-state index in [4.69, 9.17) is 0 Å². The minimum atomic E-state index is 0.665. The average molecular weight is 301 g/mol. The van der Waals surface area contributed by atoms with E-state index in [1.165, 1.54) is 36.0 Å². The molecule has 0 aromatic heterocycles. The molecule has 1 aliphatic carbocycles. The van der Waals surface area contributed by atoms with Gasteiger partial charge in [0.15, 0.2) is 0 Å². The van der Waals surface area contributed by atoms with Crippen LogP contribution >= 0.6 is 0 Å². The van der Waals surface area contributed by atoms with E-state index in [0.717, 1.165) is 25.7 Å². The second kappa shape index (κ2) is 12.3. The summed E-state index contributed by atoms with van der Waals surface area (Å²) in [5, 5.41) is 0. The van der Waals surface area contributed by atoms with Crippen molar-refractivity contribution in [3.8, 4) is 0 Å². The quantitative estimate of drug-likeness (QED) is 0.405. The molecule has 1 fully saturated rings. The van der Waals surface area contributed by atoms with Gasteiger partial charge in [-0.25, -0.2) is 0 Å². The van der Waals surface area contributed by atoms with Gasteiger partial charge in [-0.1, -0.05) is 74.4 Å². The molecular weight excluding hydrogens is 264 g/mol. The lowest BCUT2D eigenvalue weighted by atomic mass is 9.91. The van der Waals surface area contributed by atoms with E-state index in [-0.39, 0.29) is 0 Å². The average Bonchev–Trinajstić information content (AvgIpc) is 2.96. The van der Waals surface area contributed by atoms with Crippen molar-refractivity contribution in [2.45, 2.75) is 72.6 Å². The van der Waals surface area contributed by atoms with Crippen molar-refractivity contribution in [1.82, 2.24) is 0 Å². The standard InChI is InChI=1S/C20H30.C2H6/c1-6-7-8-9-19-12-13-20(15-19)18(5)14-17(4)11-10-16(2)3;1-2/h7-9,20H,2,4-6,10-15H2,1,3H3;1-2H3/b8-7-,19-9+;. The maximum absolute atomic E-state index is 4.31. The molecule has 0 radical (unpaired) electrons. The molecule has 0 aliphatic heterocycles. The van der Waals surface area contributed by atoms with Gasteiger partial charge in [0, 0.05) is 0 Å². The van der Waals surface area contributed by atoms with Crippen LogP contribution in [-0.4, -0.2) is 0 Å². The second-order valence-corrected chi connectivity index (χ2v) is 6.14. The minimum Gasteiger partial charge on any atom is -0.100 e. The zero-order chi connectivity index (χ0) is 17.0. The Bertz CT molecular complexity index is 417. The third kappa shape index (κ3) is 8.87. The van der Waals surface area contributed by atoms with Crippen molar-refractivity contribution in [3.05, 3.63) is 60.3 Å². The highest BCUT2D eigenvalue weighted by Gasteiger charge is 2.21. The second-order valence-electron chi connectivity index (χ2n) is 6.14. The fraction of sp³-hybridized carbons (Fsp3) is 0.545. The van der Waals surface area contributed by atoms with Gasteiger partial charge in [0.25, 0.3) is 0 Å². The number of rotatable bonds is 8. The lowest BCUT2D eigenvalue weighted by molar-refractivity contribution is 0.631. The Morgan fingerprint density at radius 3 is 2.45 bits per heavy atom. The Labute approximate surface area is 139 Å². The number of hydrogen-bond donors (Lipinski definition) is 0. The summed E-state index contributed by atoms with van der Waals surface area (Å²) in [5.74, 6) is 0.665. The summed E-state index contributed by atoms with van der Waals surface area (Å²) in [6, 6.07) is 0. The molecule has 0 bridgehead atoms. The molecule has 1 saturated carbocycles. The van der Waals surface area contributed by atoms with Crippen molar-refractivity contribution in [2.24, 2.45) is 5.92 Å². The van der Waals surface area contributed by atoms with Gasteiger partial charge < -0.3 is 0 Å². The number of allylic oxidation sites excluding steroid dienone is 7. The van der Waals surface area contributed by atoms with Gasteiger partial charge in [0.1, 0.15) is 0 Å².